The van der Waals surface area contributed by atoms with E-state index in [0.29, 0.717) is 5.75 Å². The van der Waals surface area contributed by atoms with Crippen molar-refractivity contribution < 1.29 is 22.7 Å². The van der Waals surface area contributed by atoms with Gasteiger partial charge in [0.25, 0.3) is 0 Å². The van der Waals surface area contributed by atoms with Crippen molar-refractivity contribution in [2.45, 2.75) is 26.1 Å². The fourth-order valence-corrected chi connectivity index (χ4v) is 1.30. The lowest BCUT2D eigenvalue weighted by molar-refractivity contribution is -0.173. The molecule has 1 aromatic carbocycles. The molecule has 100 valence electrons. The summed E-state index contributed by atoms with van der Waals surface area (Å²) in [7, 11) is 0. The predicted molar refractivity (Wildman–Crippen MR) is 60.3 cm³/mol. The van der Waals surface area contributed by atoms with E-state index in [4.69, 9.17) is 4.74 Å². The molecule has 18 heavy (non-hydrogen) atoms. The quantitative estimate of drug-likeness (QED) is 0.904. The van der Waals surface area contributed by atoms with Crippen molar-refractivity contribution in [2.75, 3.05) is 6.54 Å². The third-order valence-electron chi connectivity index (χ3n) is 2.13. The van der Waals surface area contributed by atoms with E-state index in [1.165, 1.54) is 0 Å². The molecule has 0 radical (unpaired) electrons. The molecule has 0 aliphatic heterocycles. The maximum atomic E-state index is 11.9. The number of nitrogens with one attached hydrogen (secondary N) is 1. The minimum atomic E-state index is -4.86. The molecule has 1 N–H and O–H groups in total. The van der Waals surface area contributed by atoms with Crippen LogP contribution in [-0.2, 0) is 4.79 Å². The summed E-state index contributed by atoms with van der Waals surface area (Å²) in [5, 5.41) is 1.77. The first-order valence-corrected chi connectivity index (χ1v) is 5.37. The number of benzene rings is 1. The van der Waals surface area contributed by atoms with Crippen molar-refractivity contribution in [1.29, 1.82) is 0 Å². The van der Waals surface area contributed by atoms with Gasteiger partial charge in [-0.3, -0.25) is 4.79 Å². The Bertz CT molecular complexity index is 418. The van der Waals surface area contributed by atoms with Gasteiger partial charge >= 0.3 is 12.1 Å². The van der Waals surface area contributed by atoms with Crippen molar-refractivity contribution in [1.82, 2.24) is 5.32 Å². The topological polar surface area (TPSA) is 38.3 Å². The molecule has 0 bridgehead atoms. The van der Waals surface area contributed by atoms with Crippen LogP contribution in [-0.4, -0.2) is 24.7 Å². The van der Waals surface area contributed by atoms with E-state index >= 15 is 0 Å². The van der Waals surface area contributed by atoms with Gasteiger partial charge in [-0.1, -0.05) is 12.1 Å². The molecular weight excluding hydrogens is 247 g/mol. The van der Waals surface area contributed by atoms with Gasteiger partial charge in [0, 0.05) is 0 Å². The lowest BCUT2D eigenvalue weighted by Gasteiger charge is -2.16. The van der Waals surface area contributed by atoms with Crippen LogP contribution in [0.3, 0.4) is 0 Å². The number of hydrogen-bond donors (Lipinski definition) is 1. The lowest BCUT2D eigenvalue weighted by atomic mass is 10.2. The van der Waals surface area contributed by atoms with Gasteiger partial charge in [-0.05, 0) is 31.5 Å². The Morgan fingerprint density at radius 3 is 2.67 bits per heavy atom. The van der Waals surface area contributed by atoms with Crippen molar-refractivity contribution in [3.8, 4) is 5.75 Å². The number of hydrogen-bond acceptors (Lipinski definition) is 2. The van der Waals surface area contributed by atoms with E-state index in [2.05, 4.69) is 0 Å². The first-order valence-electron chi connectivity index (χ1n) is 5.37. The van der Waals surface area contributed by atoms with Gasteiger partial charge in [0.15, 0.2) is 0 Å². The highest BCUT2D eigenvalue weighted by molar-refractivity contribution is 5.81. The van der Waals surface area contributed by atoms with Crippen LogP contribution in [0.5, 0.6) is 5.75 Å². The monoisotopic (exact) mass is 261 g/mol. The van der Waals surface area contributed by atoms with Gasteiger partial charge in [-0.2, -0.15) is 13.2 Å². The van der Waals surface area contributed by atoms with E-state index in [9.17, 15) is 18.0 Å². The van der Waals surface area contributed by atoms with Gasteiger partial charge in [0.1, 0.15) is 11.9 Å². The molecule has 1 rings (SSSR count). The molecule has 0 saturated carbocycles. The van der Waals surface area contributed by atoms with Gasteiger partial charge in [0.05, 0.1) is 6.54 Å². The Hall–Kier alpha value is -1.72. The van der Waals surface area contributed by atoms with Crippen molar-refractivity contribution in [2.24, 2.45) is 0 Å². The average molecular weight is 261 g/mol. The number of halogens is 3. The fraction of sp³-hybridized carbons (Fsp3) is 0.417. The smallest absolute Gasteiger partial charge is 0.471 e. The standard InChI is InChI=1S/C12H14F3NO2/c1-8-4-3-5-10(6-8)18-9(2)7-16-11(17)12(13,14)15/h3-6,9H,7H2,1-2H3,(H,16,17). The molecule has 0 fully saturated rings. The zero-order valence-corrected chi connectivity index (χ0v) is 10.0. The zero-order chi connectivity index (χ0) is 13.8. The van der Waals surface area contributed by atoms with E-state index in [1.54, 1.807) is 30.4 Å². The molecule has 0 aliphatic carbocycles. The maximum absolute atomic E-state index is 11.9. The summed E-state index contributed by atoms with van der Waals surface area (Å²) >= 11 is 0. The van der Waals surface area contributed by atoms with Gasteiger partial charge in [-0.15, -0.1) is 0 Å². The van der Waals surface area contributed by atoms with Crippen LogP contribution in [0.1, 0.15) is 12.5 Å². The number of rotatable bonds is 4. The average Bonchev–Trinajstić information content (AvgIpc) is 2.24. The molecule has 1 atom stereocenters. The molecule has 1 amide bonds. The number of carbonyl (C=O) groups excluding carboxylic acids is 1. The van der Waals surface area contributed by atoms with Crippen LogP contribution < -0.4 is 10.1 Å². The predicted octanol–water partition coefficient (Wildman–Crippen LogP) is 2.44. The molecule has 0 spiro atoms. The zero-order valence-electron chi connectivity index (χ0n) is 10.0. The number of ether oxygens (including phenoxy) is 1. The fourth-order valence-electron chi connectivity index (χ4n) is 1.30. The highest BCUT2D eigenvalue weighted by Crippen LogP contribution is 2.15. The first-order chi connectivity index (χ1) is 8.29. The largest absolute Gasteiger partial charge is 0.489 e. The number of aryl methyl sites for hydroxylation is 1. The molecular formula is C12H14F3NO2. The van der Waals surface area contributed by atoms with E-state index in [0.717, 1.165) is 5.56 Å². The highest BCUT2D eigenvalue weighted by Gasteiger charge is 2.38. The second-order valence-corrected chi connectivity index (χ2v) is 3.95. The molecule has 0 saturated heterocycles. The molecule has 0 heterocycles. The summed E-state index contributed by atoms with van der Waals surface area (Å²) in [5.41, 5.74) is 0.985. The van der Waals surface area contributed by atoms with Gasteiger partial charge < -0.3 is 10.1 Å². The molecule has 1 aromatic rings. The summed E-state index contributed by atoms with van der Waals surface area (Å²) in [5.74, 6) is -1.40. The Morgan fingerprint density at radius 1 is 1.44 bits per heavy atom. The molecule has 0 aromatic heterocycles. The van der Waals surface area contributed by atoms with Crippen LogP contribution in [0.25, 0.3) is 0 Å². The lowest BCUT2D eigenvalue weighted by Crippen LogP contribution is -2.41. The summed E-state index contributed by atoms with van der Waals surface area (Å²) in [6.45, 7) is 3.26. The first kappa shape index (κ1) is 14.3. The minimum absolute atomic E-state index is 0.202. The second kappa shape index (κ2) is 5.75. The van der Waals surface area contributed by atoms with Crippen LogP contribution in [0, 0.1) is 6.92 Å². The van der Waals surface area contributed by atoms with Gasteiger partial charge in [-0.25, -0.2) is 0 Å². The second-order valence-electron chi connectivity index (χ2n) is 3.95. The third kappa shape index (κ3) is 4.65. The number of alkyl halides is 3. The molecule has 0 aliphatic rings. The molecule has 1 unspecified atom stereocenters. The molecule has 3 nitrogen and oxygen atoms in total. The maximum Gasteiger partial charge on any atom is 0.471 e. The van der Waals surface area contributed by atoms with Crippen molar-refractivity contribution in [3.05, 3.63) is 29.8 Å². The SMILES string of the molecule is Cc1cccc(OC(C)CNC(=O)C(F)(F)F)c1. The van der Waals surface area contributed by atoms with Crippen LogP contribution >= 0.6 is 0 Å². The normalized spacial score (nSPS) is 12.9. The number of carbonyl (C=O) groups is 1. The summed E-state index contributed by atoms with van der Waals surface area (Å²) < 4.78 is 41.2. The van der Waals surface area contributed by atoms with Crippen molar-refractivity contribution >= 4 is 5.91 Å². The van der Waals surface area contributed by atoms with Crippen LogP contribution in [0.15, 0.2) is 24.3 Å². The summed E-state index contributed by atoms with van der Waals surface area (Å²) in [6, 6.07) is 7.13. The van der Waals surface area contributed by atoms with Crippen molar-refractivity contribution in [3.63, 3.8) is 0 Å². The van der Waals surface area contributed by atoms with E-state index in [-0.39, 0.29) is 6.54 Å². The molecule has 6 heteroatoms. The third-order valence-corrected chi connectivity index (χ3v) is 2.13. The Labute approximate surface area is 103 Å². The number of amides is 1. The minimum Gasteiger partial charge on any atom is -0.489 e. The van der Waals surface area contributed by atoms with E-state index < -0.39 is 18.2 Å². The van der Waals surface area contributed by atoms with E-state index in [1.807, 2.05) is 13.0 Å². The summed E-state index contributed by atoms with van der Waals surface area (Å²) in [6.07, 6.45) is -5.40. The highest BCUT2D eigenvalue weighted by atomic mass is 19.4. The van der Waals surface area contributed by atoms with Crippen LogP contribution in [0.2, 0.25) is 0 Å². The van der Waals surface area contributed by atoms with Crippen LogP contribution in [0.4, 0.5) is 13.2 Å². The Balaban J connectivity index is 2.43. The Kier molecular flexibility index (Phi) is 4.58. The Morgan fingerprint density at radius 2 is 2.11 bits per heavy atom. The summed E-state index contributed by atoms with van der Waals surface area (Å²) in [4.78, 5) is 10.6. The van der Waals surface area contributed by atoms with Gasteiger partial charge in [0.2, 0.25) is 0 Å².